The van der Waals surface area contributed by atoms with Crippen molar-refractivity contribution in [3.63, 3.8) is 0 Å². The molecule has 0 spiro atoms. The minimum atomic E-state index is -0.0420. The second-order valence-electron chi connectivity index (χ2n) is 4.32. The lowest BCUT2D eigenvalue weighted by Gasteiger charge is -2.14. The Balaban J connectivity index is 2.27. The zero-order valence-corrected chi connectivity index (χ0v) is 11.7. The number of benzene rings is 1. The molecule has 1 aromatic carbocycles. The highest BCUT2D eigenvalue weighted by molar-refractivity contribution is 7.80. The first-order valence-corrected chi connectivity index (χ1v) is 6.67. The molecule has 0 bridgehead atoms. The van der Waals surface area contributed by atoms with Gasteiger partial charge in [-0.15, -0.1) is 0 Å². The van der Waals surface area contributed by atoms with Crippen molar-refractivity contribution in [2.24, 2.45) is 0 Å². The van der Waals surface area contributed by atoms with Crippen LogP contribution in [0.1, 0.15) is 32.3 Å². The van der Waals surface area contributed by atoms with Crippen LogP contribution in [0.15, 0.2) is 30.3 Å². The molecule has 0 heterocycles. The van der Waals surface area contributed by atoms with E-state index in [9.17, 15) is 4.79 Å². The van der Waals surface area contributed by atoms with Crippen LogP contribution >= 0.6 is 12.2 Å². The molecule has 0 saturated carbocycles. The quantitative estimate of drug-likeness (QED) is 0.802. The molecular weight excluding hydrogens is 244 g/mol. The summed E-state index contributed by atoms with van der Waals surface area (Å²) in [6, 6.07) is 10.2. The minimum absolute atomic E-state index is 0.0420. The van der Waals surface area contributed by atoms with Crippen LogP contribution in [0.4, 0.5) is 0 Å². The van der Waals surface area contributed by atoms with Gasteiger partial charge in [0, 0.05) is 12.5 Å². The summed E-state index contributed by atoms with van der Waals surface area (Å²) in [7, 11) is 0. The third kappa shape index (κ3) is 5.77. The van der Waals surface area contributed by atoms with E-state index >= 15 is 0 Å². The van der Waals surface area contributed by atoms with E-state index in [4.69, 9.17) is 12.2 Å². The van der Waals surface area contributed by atoms with Crippen LogP contribution in [0, 0.1) is 0 Å². The van der Waals surface area contributed by atoms with Gasteiger partial charge < -0.3 is 10.6 Å². The Morgan fingerprint density at radius 2 is 2.00 bits per heavy atom. The second kappa shape index (κ2) is 7.82. The molecule has 0 radical (unpaired) electrons. The molecule has 1 aromatic rings. The van der Waals surface area contributed by atoms with Crippen LogP contribution in [-0.2, 0) is 11.2 Å². The number of nitrogens with one attached hydrogen (secondary N) is 2. The van der Waals surface area contributed by atoms with Crippen molar-refractivity contribution in [1.29, 1.82) is 0 Å². The average molecular weight is 264 g/mol. The van der Waals surface area contributed by atoms with Gasteiger partial charge >= 0.3 is 0 Å². The van der Waals surface area contributed by atoms with Gasteiger partial charge in [0.1, 0.15) is 0 Å². The highest BCUT2D eigenvalue weighted by Crippen LogP contribution is 2.02. The van der Waals surface area contributed by atoms with E-state index in [2.05, 4.69) is 17.6 Å². The summed E-state index contributed by atoms with van der Waals surface area (Å²) in [4.78, 5) is 11.7. The highest BCUT2D eigenvalue weighted by Gasteiger charge is 2.06. The molecule has 0 aliphatic heterocycles. The zero-order chi connectivity index (χ0) is 13.4. The summed E-state index contributed by atoms with van der Waals surface area (Å²) in [6.45, 7) is 4.10. The van der Waals surface area contributed by atoms with E-state index in [-0.39, 0.29) is 11.9 Å². The smallest absolute Gasteiger partial charge is 0.226 e. The number of hydrogen-bond acceptors (Lipinski definition) is 2. The number of carbonyl (C=O) groups is 1. The first kappa shape index (κ1) is 14.6. The van der Waals surface area contributed by atoms with Crippen LogP contribution in [0.5, 0.6) is 0 Å². The number of amides is 1. The SMILES string of the molecule is CCC(C)NC(=S)NC(=O)CCc1ccccc1. The third-order valence-corrected chi connectivity index (χ3v) is 2.95. The topological polar surface area (TPSA) is 41.1 Å². The molecule has 0 aliphatic carbocycles. The fraction of sp³-hybridized carbons (Fsp3) is 0.429. The first-order valence-electron chi connectivity index (χ1n) is 6.26. The lowest BCUT2D eigenvalue weighted by molar-refractivity contribution is -0.119. The predicted molar refractivity (Wildman–Crippen MR) is 78.4 cm³/mol. The second-order valence-corrected chi connectivity index (χ2v) is 4.72. The fourth-order valence-electron chi connectivity index (χ4n) is 1.45. The van der Waals surface area contributed by atoms with Crippen molar-refractivity contribution in [3.05, 3.63) is 35.9 Å². The van der Waals surface area contributed by atoms with Gasteiger partial charge in [-0.25, -0.2) is 0 Å². The number of thiocarbonyl (C=S) groups is 1. The summed E-state index contributed by atoms with van der Waals surface area (Å²) in [5.41, 5.74) is 1.16. The van der Waals surface area contributed by atoms with Crippen molar-refractivity contribution in [3.8, 4) is 0 Å². The van der Waals surface area contributed by atoms with Gasteiger partial charge in [0.2, 0.25) is 5.91 Å². The Bertz CT molecular complexity index is 392. The van der Waals surface area contributed by atoms with E-state index in [1.165, 1.54) is 0 Å². The molecule has 0 aliphatic rings. The maximum atomic E-state index is 11.7. The Hall–Kier alpha value is -1.42. The number of hydrogen-bond donors (Lipinski definition) is 2. The molecular formula is C14H20N2OS. The first-order chi connectivity index (χ1) is 8.61. The third-order valence-electron chi connectivity index (χ3n) is 2.73. The van der Waals surface area contributed by atoms with Gasteiger partial charge in [-0.2, -0.15) is 0 Å². The molecule has 98 valence electrons. The van der Waals surface area contributed by atoms with Crippen molar-refractivity contribution in [1.82, 2.24) is 10.6 Å². The van der Waals surface area contributed by atoms with Crippen molar-refractivity contribution in [2.75, 3.05) is 0 Å². The predicted octanol–water partition coefficient (Wildman–Crippen LogP) is 2.41. The van der Waals surface area contributed by atoms with Crippen LogP contribution in [0.2, 0.25) is 0 Å². The number of aryl methyl sites for hydroxylation is 1. The average Bonchev–Trinajstić information content (AvgIpc) is 2.37. The summed E-state index contributed by atoms with van der Waals surface area (Å²) in [6.07, 6.45) is 2.16. The van der Waals surface area contributed by atoms with E-state index in [0.717, 1.165) is 18.4 Å². The van der Waals surface area contributed by atoms with Crippen molar-refractivity contribution in [2.45, 2.75) is 39.2 Å². The van der Waals surface area contributed by atoms with Gasteiger partial charge in [0.15, 0.2) is 5.11 Å². The molecule has 0 fully saturated rings. The lowest BCUT2D eigenvalue weighted by atomic mass is 10.1. The molecule has 18 heavy (non-hydrogen) atoms. The van der Waals surface area contributed by atoms with Gasteiger partial charge in [-0.1, -0.05) is 37.3 Å². The molecule has 1 atom stereocenters. The van der Waals surface area contributed by atoms with E-state index < -0.39 is 0 Å². The van der Waals surface area contributed by atoms with Crippen molar-refractivity contribution >= 4 is 23.2 Å². The number of carbonyl (C=O) groups excluding carboxylic acids is 1. The molecule has 2 N–H and O–H groups in total. The summed E-state index contributed by atoms with van der Waals surface area (Å²) in [5, 5.41) is 6.17. The molecule has 1 unspecified atom stereocenters. The van der Waals surface area contributed by atoms with E-state index in [1.54, 1.807) is 0 Å². The van der Waals surface area contributed by atoms with Gasteiger partial charge in [0.25, 0.3) is 0 Å². The molecule has 4 heteroatoms. The Labute approximate surface area is 114 Å². The largest absolute Gasteiger partial charge is 0.360 e. The highest BCUT2D eigenvalue weighted by atomic mass is 32.1. The Morgan fingerprint density at radius 3 is 2.61 bits per heavy atom. The summed E-state index contributed by atoms with van der Waals surface area (Å²) >= 11 is 5.06. The van der Waals surface area contributed by atoms with Crippen LogP contribution in [0.25, 0.3) is 0 Å². The molecule has 1 amide bonds. The Kier molecular flexibility index (Phi) is 6.36. The normalized spacial score (nSPS) is 11.7. The number of rotatable bonds is 5. The monoisotopic (exact) mass is 264 g/mol. The van der Waals surface area contributed by atoms with Crippen LogP contribution in [-0.4, -0.2) is 17.1 Å². The van der Waals surface area contributed by atoms with Gasteiger partial charge in [-0.05, 0) is 37.5 Å². The van der Waals surface area contributed by atoms with Crippen LogP contribution in [0.3, 0.4) is 0 Å². The minimum Gasteiger partial charge on any atom is -0.360 e. The van der Waals surface area contributed by atoms with E-state index in [1.807, 2.05) is 37.3 Å². The van der Waals surface area contributed by atoms with E-state index in [0.29, 0.717) is 11.5 Å². The summed E-state index contributed by atoms with van der Waals surface area (Å²) < 4.78 is 0. The standard InChI is InChI=1S/C14H20N2OS/c1-3-11(2)15-14(18)16-13(17)10-9-12-7-5-4-6-8-12/h4-8,11H,3,9-10H2,1-2H3,(H2,15,16,17,18). The maximum Gasteiger partial charge on any atom is 0.226 e. The zero-order valence-electron chi connectivity index (χ0n) is 10.9. The molecule has 1 rings (SSSR count). The maximum absolute atomic E-state index is 11.7. The Morgan fingerprint density at radius 1 is 1.33 bits per heavy atom. The van der Waals surface area contributed by atoms with Gasteiger partial charge in [0.05, 0.1) is 0 Å². The summed E-state index contributed by atoms with van der Waals surface area (Å²) in [5.74, 6) is -0.0420. The lowest BCUT2D eigenvalue weighted by Crippen LogP contribution is -2.43. The fourth-order valence-corrected chi connectivity index (χ4v) is 1.77. The van der Waals surface area contributed by atoms with Crippen molar-refractivity contribution < 1.29 is 4.79 Å². The molecule has 0 saturated heterocycles. The van der Waals surface area contributed by atoms with Crippen LogP contribution < -0.4 is 10.6 Å². The van der Waals surface area contributed by atoms with Gasteiger partial charge in [-0.3, -0.25) is 4.79 Å². The molecule has 0 aromatic heterocycles. The molecule has 3 nitrogen and oxygen atoms in total.